The molecule has 1 aliphatic rings. The number of hydrogen-bond acceptors (Lipinski definition) is 4. The third kappa shape index (κ3) is 2.86. The van der Waals surface area contributed by atoms with E-state index in [4.69, 9.17) is 5.73 Å². The van der Waals surface area contributed by atoms with Gasteiger partial charge in [-0.3, -0.25) is 4.79 Å². The highest BCUT2D eigenvalue weighted by Crippen LogP contribution is 2.29. The molecule has 1 aromatic heterocycles. The maximum absolute atomic E-state index is 11.9. The molecule has 1 atom stereocenters. The molecule has 27 heavy (non-hydrogen) atoms. The first-order valence-corrected chi connectivity index (χ1v) is 8.29. The molecule has 3 aromatic rings. The second kappa shape index (κ2) is 6.17. The van der Waals surface area contributed by atoms with Crippen molar-refractivity contribution in [2.24, 2.45) is 5.73 Å². The van der Waals surface area contributed by atoms with Crippen LogP contribution in [0.25, 0.3) is 16.6 Å². The van der Waals surface area contributed by atoms with Gasteiger partial charge in [0.15, 0.2) is 0 Å². The quantitative estimate of drug-likeness (QED) is 0.567. The van der Waals surface area contributed by atoms with Crippen molar-refractivity contribution in [3.8, 4) is 11.4 Å². The van der Waals surface area contributed by atoms with Crippen molar-refractivity contribution in [3.63, 3.8) is 0 Å². The second-order valence-electron chi connectivity index (χ2n) is 6.33. The van der Waals surface area contributed by atoms with E-state index in [1.54, 1.807) is 42.1 Å². The molecular formula is C19H17N5O3. The van der Waals surface area contributed by atoms with E-state index in [2.05, 4.69) is 15.7 Å². The van der Waals surface area contributed by atoms with Gasteiger partial charge in [-0.1, -0.05) is 6.07 Å². The number of phenols is 1. The van der Waals surface area contributed by atoms with Crippen LogP contribution in [0.4, 0.5) is 4.79 Å². The van der Waals surface area contributed by atoms with Crippen molar-refractivity contribution in [1.29, 1.82) is 0 Å². The molecule has 1 unspecified atom stereocenters. The SMILES string of the molecule is CC1=C(C(N)=O)C(c2ccc3c(cnn3-c3ccc(O)cc3)c2)NC(=O)N1. The molecule has 0 spiro atoms. The van der Waals surface area contributed by atoms with Crippen LogP contribution in [-0.2, 0) is 4.79 Å². The Morgan fingerprint density at radius 1 is 1.22 bits per heavy atom. The number of benzene rings is 2. The van der Waals surface area contributed by atoms with Gasteiger partial charge in [0, 0.05) is 11.1 Å². The summed E-state index contributed by atoms with van der Waals surface area (Å²) < 4.78 is 1.75. The topological polar surface area (TPSA) is 122 Å². The van der Waals surface area contributed by atoms with Crippen LogP contribution in [0.5, 0.6) is 5.75 Å². The number of nitrogens with two attached hydrogens (primary N) is 1. The Labute approximate surface area is 154 Å². The number of nitrogens with zero attached hydrogens (tertiary/aromatic N) is 2. The minimum Gasteiger partial charge on any atom is -0.508 e. The van der Waals surface area contributed by atoms with E-state index in [0.717, 1.165) is 22.2 Å². The van der Waals surface area contributed by atoms with E-state index >= 15 is 0 Å². The third-order valence-corrected chi connectivity index (χ3v) is 4.55. The first-order valence-electron chi connectivity index (χ1n) is 8.29. The van der Waals surface area contributed by atoms with Crippen molar-refractivity contribution in [3.05, 3.63) is 65.5 Å². The van der Waals surface area contributed by atoms with Crippen LogP contribution >= 0.6 is 0 Å². The Morgan fingerprint density at radius 2 is 1.96 bits per heavy atom. The number of carbonyl (C=O) groups excluding carboxylic acids is 2. The van der Waals surface area contributed by atoms with Gasteiger partial charge in [0.05, 0.1) is 29.0 Å². The minimum absolute atomic E-state index is 0.181. The van der Waals surface area contributed by atoms with Crippen LogP contribution in [0.1, 0.15) is 18.5 Å². The molecule has 8 nitrogen and oxygen atoms in total. The lowest BCUT2D eigenvalue weighted by Gasteiger charge is -2.27. The Bertz CT molecular complexity index is 1100. The van der Waals surface area contributed by atoms with E-state index in [1.807, 2.05) is 18.2 Å². The number of aromatic hydroxyl groups is 1. The number of nitrogens with one attached hydrogen (secondary N) is 2. The first kappa shape index (κ1) is 16.6. The van der Waals surface area contributed by atoms with Gasteiger partial charge in [-0.25, -0.2) is 9.48 Å². The number of aromatic nitrogens is 2. The fourth-order valence-electron chi connectivity index (χ4n) is 3.30. The van der Waals surface area contributed by atoms with Gasteiger partial charge >= 0.3 is 6.03 Å². The maximum Gasteiger partial charge on any atom is 0.319 e. The molecule has 2 heterocycles. The highest BCUT2D eigenvalue weighted by molar-refractivity contribution is 5.97. The molecular weight excluding hydrogens is 346 g/mol. The van der Waals surface area contributed by atoms with E-state index in [9.17, 15) is 14.7 Å². The Kier molecular flexibility index (Phi) is 3.80. The lowest BCUT2D eigenvalue weighted by atomic mass is 9.94. The summed E-state index contributed by atoms with van der Waals surface area (Å²) in [5.74, 6) is -0.412. The largest absolute Gasteiger partial charge is 0.508 e. The van der Waals surface area contributed by atoms with Crippen molar-refractivity contribution in [1.82, 2.24) is 20.4 Å². The number of hydrogen-bond donors (Lipinski definition) is 4. The fraction of sp³-hybridized carbons (Fsp3) is 0.105. The number of phenolic OH excluding ortho intramolecular Hbond substituents is 1. The predicted molar refractivity (Wildman–Crippen MR) is 99.0 cm³/mol. The maximum atomic E-state index is 11.9. The summed E-state index contributed by atoms with van der Waals surface area (Å²) in [6.07, 6.45) is 1.70. The highest BCUT2D eigenvalue weighted by Gasteiger charge is 2.30. The number of fused-ring (bicyclic) bond motifs is 1. The van der Waals surface area contributed by atoms with Gasteiger partial charge < -0.3 is 21.5 Å². The van der Waals surface area contributed by atoms with Crippen molar-refractivity contribution >= 4 is 22.8 Å². The summed E-state index contributed by atoms with van der Waals surface area (Å²) in [5.41, 5.74) is 8.66. The summed E-state index contributed by atoms with van der Waals surface area (Å²) in [7, 11) is 0. The standard InChI is InChI=1S/C19H17N5O3/c1-10-16(18(20)26)17(23-19(27)22-10)11-2-7-15-12(8-11)9-21-24(15)13-3-5-14(25)6-4-13/h2-9,17,25H,1H3,(H2,20,26)(H2,22,23,27). The molecule has 4 rings (SSSR count). The molecule has 2 aromatic carbocycles. The lowest BCUT2D eigenvalue weighted by molar-refractivity contribution is -0.115. The second-order valence-corrected chi connectivity index (χ2v) is 6.33. The minimum atomic E-state index is -0.627. The average molecular weight is 363 g/mol. The van der Waals surface area contributed by atoms with Crippen molar-refractivity contribution < 1.29 is 14.7 Å². The van der Waals surface area contributed by atoms with Gasteiger partial charge in [0.25, 0.3) is 0 Å². The van der Waals surface area contributed by atoms with E-state index in [0.29, 0.717) is 11.3 Å². The van der Waals surface area contributed by atoms with Gasteiger partial charge in [-0.15, -0.1) is 0 Å². The summed E-state index contributed by atoms with van der Waals surface area (Å²) in [5, 5.41) is 20.0. The van der Waals surface area contributed by atoms with Gasteiger partial charge in [0.1, 0.15) is 5.75 Å². The number of allylic oxidation sites excluding steroid dienone is 1. The van der Waals surface area contributed by atoms with Crippen molar-refractivity contribution in [2.75, 3.05) is 0 Å². The van der Waals surface area contributed by atoms with Crippen molar-refractivity contribution in [2.45, 2.75) is 13.0 Å². The van der Waals surface area contributed by atoms with E-state index in [-0.39, 0.29) is 11.8 Å². The van der Waals surface area contributed by atoms with Crippen LogP contribution in [0.3, 0.4) is 0 Å². The van der Waals surface area contributed by atoms with Gasteiger partial charge in [-0.05, 0) is 48.9 Å². The van der Waals surface area contributed by atoms with Gasteiger partial charge in [0.2, 0.25) is 5.91 Å². The van der Waals surface area contributed by atoms with Crippen LogP contribution in [0.15, 0.2) is 59.9 Å². The number of carbonyl (C=O) groups is 2. The zero-order chi connectivity index (χ0) is 19.1. The van der Waals surface area contributed by atoms with Crippen LogP contribution in [0.2, 0.25) is 0 Å². The summed E-state index contributed by atoms with van der Waals surface area (Å²) in [6, 6.07) is 11.3. The Hall–Kier alpha value is -3.81. The average Bonchev–Trinajstić information content (AvgIpc) is 3.04. The Morgan fingerprint density at radius 3 is 2.67 bits per heavy atom. The molecule has 0 bridgehead atoms. The number of primary amides is 1. The molecule has 3 amide bonds. The van der Waals surface area contributed by atoms with E-state index < -0.39 is 11.9 Å². The molecule has 1 aliphatic heterocycles. The fourth-order valence-corrected chi connectivity index (χ4v) is 3.30. The van der Waals surface area contributed by atoms with Crippen LogP contribution in [0, 0.1) is 0 Å². The molecule has 0 fully saturated rings. The summed E-state index contributed by atoms with van der Waals surface area (Å²) in [4.78, 5) is 23.7. The summed E-state index contributed by atoms with van der Waals surface area (Å²) >= 11 is 0. The first-order chi connectivity index (χ1) is 12.9. The molecule has 0 saturated heterocycles. The highest BCUT2D eigenvalue weighted by atomic mass is 16.3. The number of urea groups is 1. The zero-order valence-electron chi connectivity index (χ0n) is 14.4. The van der Waals surface area contributed by atoms with Crippen LogP contribution in [-0.4, -0.2) is 26.8 Å². The lowest BCUT2D eigenvalue weighted by Crippen LogP contribution is -2.46. The molecule has 0 aliphatic carbocycles. The molecule has 136 valence electrons. The Balaban J connectivity index is 1.78. The smallest absolute Gasteiger partial charge is 0.319 e. The molecule has 0 radical (unpaired) electrons. The predicted octanol–water partition coefficient (Wildman–Crippen LogP) is 1.84. The third-order valence-electron chi connectivity index (χ3n) is 4.55. The number of amides is 3. The van der Waals surface area contributed by atoms with Crippen LogP contribution < -0.4 is 16.4 Å². The molecule has 8 heteroatoms. The summed E-state index contributed by atoms with van der Waals surface area (Å²) in [6.45, 7) is 1.65. The monoisotopic (exact) mass is 363 g/mol. The normalized spacial score (nSPS) is 16.9. The zero-order valence-corrected chi connectivity index (χ0v) is 14.4. The molecule has 0 saturated carbocycles. The van der Waals surface area contributed by atoms with Gasteiger partial charge in [-0.2, -0.15) is 5.10 Å². The number of rotatable bonds is 3. The van der Waals surface area contributed by atoms with E-state index in [1.165, 1.54) is 0 Å². The molecule has 5 N–H and O–H groups in total.